The van der Waals surface area contributed by atoms with Gasteiger partial charge in [0.2, 0.25) is 5.91 Å². The molecule has 0 saturated carbocycles. The summed E-state index contributed by atoms with van der Waals surface area (Å²) in [6.45, 7) is 4.13. The van der Waals surface area contributed by atoms with Crippen LogP contribution in [0.25, 0.3) is 0 Å². The van der Waals surface area contributed by atoms with Crippen molar-refractivity contribution in [2.24, 2.45) is 0 Å². The minimum absolute atomic E-state index is 0.0312. The maximum atomic E-state index is 12.0. The summed E-state index contributed by atoms with van der Waals surface area (Å²) in [6.07, 6.45) is 3.56. The van der Waals surface area contributed by atoms with Crippen molar-refractivity contribution in [3.63, 3.8) is 0 Å². The Balaban J connectivity index is 1.86. The number of aromatic nitrogens is 1. The minimum Gasteiger partial charge on any atom is -0.360 e. The van der Waals surface area contributed by atoms with Crippen LogP contribution in [0.4, 0.5) is 5.82 Å². The fourth-order valence-electron chi connectivity index (χ4n) is 2.53. The number of piperidine rings is 1. The van der Waals surface area contributed by atoms with E-state index in [9.17, 15) is 4.79 Å². The molecule has 6 heteroatoms. The standard InChI is InChI=1S/C13H22N4O2/c1-10-7-12(16-19-10)15-13(18)9-17-6-4-3-5-11(17)8-14-2/h7,11,14H,3-6,8-9H2,1-2H3,(H,15,16,18). The van der Waals surface area contributed by atoms with Crippen LogP contribution in [0.5, 0.6) is 0 Å². The summed E-state index contributed by atoms with van der Waals surface area (Å²) in [6, 6.07) is 2.17. The van der Waals surface area contributed by atoms with Crippen LogP contribution in [0.2, 0.25) is 0 Å². The lowest BCUT2D eigenvalue weighted by molar-refractivity contribution is -0.118. The van der Waals surface area contributed by atoms with E-state index in [2.05, 4.69) is 20.7 Å². The first kappa shape index (κ1) is 14.0. The number of hydrogen-bond donors (Lipinski definition) is 2. The molecule has 0 aliphatic carbocycles. The smallest absolute Gasteiger partial charge is 0.239 e. The topological polar surface area (TPSA) is 70.4 Å². The maximum absolute atomic E-state index is 12.0. The van der Waals surface area contributed by atoms with E-state index < -0.39 is 0 Å². The largest absolute Gasteiger partial charge is 0.360 e. The number of aryl methyl sites for hydroxylation is 1. The van der Waals surface area contributed by atoms with Crippen LogP contribution in [0.15, 0.2) is 10.6 Å². The molecule has 1 saturated heterocycles. The van der Waals surface area contributed by atoms with Crippen LogP contribution in [0, 0.1) is 6.92 Å². The number of nitrogens with one attached hydrogen (secondary N) is 2. The van der Waals surface area contributed by atoms with Crippen molar-refractivity contribution in [3.05, 3.63) is 11.8 Å². The Labute approximate surface area is 113 Å². The van der Waals surface area contributed by atoms with Crippen molar-refractivity contribution in [2.75, 3.05) is 32.0 Å². The molecular weight excluding hydrogens is 244 g/mol. The Kier molecular flexibility index (Phi) is 4.93. The molecule has 1 fully saturated rings. The molecule has 0 aromatic carbocycles. The summed E-state index contributed by atoms with van der Waals surface area (Å²) < 4.78 is 4.93. The highest BCUT2D eigenvalue weighted by molar-refractivity contribution is 5.91. The molecule has 19 heavy (non-hydrogen) atoms. The molecule has 106 valence electrons. The Morgan fingerprint density at radius 2 is 2.42 bits per heavy atom. The summed E-state index contributed by atoms with van der Waals surface area (Å²) >= 11 is 0. The van der Waals surface area contributed by atoms with Crippen LogP contribution in [-0.2, 0) is 4.79 Å². The third-order valence-electron chi connectivity index (χ3n) is 3.43. The molecule has 1 aliphatic heterocycles. The Morgan fingerprint density at radius 3 is 3.11 bits per heavy atom. The highest BCUT2D eigenvalue weighted by atomic mass is 16.5. The number of nitrogens with zero attached hydrogens (tertiary/aromatic N) is 2. The predicted octanol–water partition coefficient (Wildman–Crippen LogP) is 0.995. The molecule has 1 aromatic rings. The summed E-state index contributed by atoms with van der Waals surface area (Å²) in [7, 11) is 1.95. The number of anilines is 1. The molecule has 2 N–H and O–H groups in total. The molecule has 1 aliphatic rings. The van der Waals surface area contributed by atoms with E-state index >= 15 is 0 Å². The molecular formula is C13H22N4O2. The highest BCUT2D eigenvalue weighted by Gasteiger charge is 2.23. The lowest BCUT2D eigenvalue weighted by atomic mass is 10.0. The highest BCUT2D eigenvalue weighted by Crippen LogP contribution is 2.16. The zero-order valence-electron chi connectivity index (χ0n) is 11.6. The van der Waals surface area contributed by atoms with E-state index in [1.54, 1.807) is 13.0 Å². The monoisotopic (exact) mass is 266 g/mol. The van der Waals surface area contributed by atoms with Gasteiger partial charge in [-0.1, -0.05) is 11.6 Å². The third kappa shape index (κ3) is 4.04. The Morgan fingerprint density at radius 1 is 1.58 bits per heavy atom. The van der Waals surface area contributed by atoms with E-state index in [1.807, 2.05) is 7.05 Å². The molecule has 2 heterocycles. The van der Waals surface area contributed by atoms with Crippen molar-refractivity contribution in [1.29, 1.82) is 0 Å². The fourth-order valence-corrected chi connectivity index (χ4v) is 2.53. The van der Waals surface area contributed by atoms with Gasteiger partial charge in [0, 0.05) is 18.7 Å². The molecule has 1 amide bonds. The van der Waals surface area contributed by atoms with E-state index in [1.165, 1.54) is 6.42 Å². The number of likely N-dealkylation sites (N-methyl/N-ethyl adjacent to an activating group) is 1. The van der Waals surface area contributed by atoms with E-state index in [0.717, 1.165) is 25.9 Å². The second kappa shape index (κ2) is 6.68. The lowest BCUT2D eigenvalue weighted by Crippen LogP contribution is -2.47. The molecule has 1 atom stereocenters. The molecule has 1 aromatic heterocycles. The fraction of sp³-hybridized carbons (Fsp3) is 0.692. The first-order valence-corrected chi connectivity index (χ1v) is 6.81. The summed E-state index contributed by atoms with van der Waals surface area (Å²) in [5.74, 6) is 1.15. The van der Waals surface area contributed by atoms with Crippen molar-refractivity contribution in [1.82, 2.24) is 15.4 Å². The van der Waals surface area contributed by atoms with E-state index in [4.69, 9.17) is 4.52 Å². The van der Waals surface area contributed by atoms with Crippen molar-refractivity contribution in [3.8, 4) is 0 Å². The van der Waals surface area contributed by atoms with Crippen LogP contribution in [0.3, 0.4) is 0 Å². The molecule has 0 spiro atoms. The van der Waals surface area contributed by atoms with Gasteiger partial charge in [-0.05, 0) is 33.4 Å². The second-order valence-electron chi connectivity index (χ2n) is 5.05. The Bertz CT molecular complexity index is 417. The predicted molar refractivity (Wildman–Crippen MR) is 73.0 cm³/mol. The van der Waals surface area contributed by atoms with Crippen molar-refractivity contribution in [2.45, 2.75) is 32.2 Å². The zero-order valence-corrected chi connectivity index (χ0v) is 11.6. The summed E-state index contributed by atoms with van der Waals surface area (Å²) in [5, 5.41) is 9.73. The number of rotatable bonds is 5. The van der Waals surface area contributed by atoms with Gasteiger partial charge in [-0.3, -0.25) is 9.69 Å². The summed E-state index contributed by atoms with van der Waals surface area (Å²) in [5.41, 5.74) is 0. The van der Waals surface area contributed by atoms with Crippen LogP contribution in [0.1, 0.15) is 25.0 Å². The first-order chi connectivity index (χ1) is 9.19. The quantitative estimate of drug-likeness (QED) is 0.832. The molecule has 6 nitrogen and oxygen atoms in total. The van der Waals surface area contributed by atoms with Crippen LogP contribution < -0.4 is 10.6 Å². The molecule has 2 rings (SSSR count). The number of carbonyl (C=O) groups excluding carboxylic acids is 1. The van der Waals surface area contributed by atoms with Gasteiger partial charge in [0.1, 0.15) is 5.76 Å². The average molecular weight is 266 g/mol. The van der Waals surface area contributed by atoms with Gasteiger partial charge in [0.15, 0.2) is 5.82 Å². The van der Waals surface area contributed by atoms with Gasteiger partial charge < -0.3 is 15.2 Å². The van der Waals surface area contributed by atoms with E-state index in [0.29, 0.717) is 24.2 Å². The van der Waals surface area contributed by atoms with Gasteiger partial charge in [-0.25, -0.2) is 0 Å². The average Bonchev–Trinajstić information content (AvgIpc) is 2.77. The summed E-state index contributed by atoms with van der Waals surface area (Å²) in [4.78, 5) is 14.2. The minimum atomic E-state index is -0.0312. The van der Waals surface area contributed by atoms with Gasteiger partial charge in [0.25, 0.3) is 0 Å². The van der Waals surface area contributed by atoms with Gasteiger partial charge in [-0.2, -0.15) is 0 Å². The van der Waals surface area contributed by atoms with Crippen molar-refractivity contribution >= 4 is 11.7 Å². The Hall–Kier alpha value is -1.40. The first-order valence-electron chi connectivity index (χ1n) is 6.81. The van der Waals surface area contributed by atoms with Crippen LogP contribution >= 0.6 is 0 Å². The normalized spacial score (nSPS) is 20.4. The van der Waals surface area contributed by atoms with Crippen LogP contribution in [-0.4, -0.2) is 48.7 Å². The van der Waals surface area contributed by atoms with Gasteiger partial charge in [0.05, 0.1) is 6.54 Å². The molecule has 1 unspecified atom stereocenters. The molecule has 0 radical (unpaired) electrons. The number of amides is 1. The second-order valence-corrected chi connectivity index (χ2v) is 5.05. The maximum Gasteiger partial charge on any atom is 0.239 e. The van der Waals surface area contributed by atoms with Gasteiger partial charge >= 0.3 is 0 Å². The SMILES string of the molecule is CNCC1CCCCN1CC(=O)Nc1cc(C)on1. The number of likely N-dealkylation sites (tertiary alicyclic amines) is 1. The molecule has 0 bridgehead atoms. The number of hydrogen-bond acceptors (Lipinski definition) is 5. The lowest BCUT2D eigenvalue weighted by Gasteiger charge is -2.34. The third-order valence-corrected chi connectivity index (χ3v) is 3.43. The van der Waals surface area contributed by atoms with E-state index in [-0.39, 0.29) is 5.91 Å². The van der Waals surface area contributed by atoms with Gasteiger partial charge in [-0.15, -0.1) is 0 Å². The van der Waals surface area contributed by atoms with Crippen molar-refractivity contribution < 1.29 is 9.32 Å². The zero-order chi connectivity index (χ0) is 13.7. The number of carbonyl (C=O) groups is 1.